The van der Waals surface area contributed by atoms with Gasteiger partial charge < -0.3 is 14.6 Å². The predicted octanol–water partition coefficient (Wildman–Crippen LogP) is 1.93. The van der Waals surface area contributed by atoms with Crippen LogP contribution in [-0.2, 0) is 0 Å². The third-order valence-corrected chi connectivity index (χ3v) is 2.24. The van der Waals surface area contributed by atoms with E-state index in [2.05, 4.69) is 15.9 Å². The van der Waals surface area contributed by atoms with Gasteiger partial charge in [0.15, 0.2) is 11.5 Å². The third kappa shape index (κ3) is 1.12. The van der Waals surface area contributed by atoms with Crippen molar-refractivity contribution in [2.45, 2.75) is 0 Å². The summed E-state index contributed by atoms with van der Waals surface area (Å²) in [4.78, 5) is 0. The van der Waals surface area contributed by atoms with Crippen LogP contribution in [0.4, 0.5) is 0 Å². The highest BCUT2D eigenvalue weighted by Crippen LogP contribution is 2.43. The van der Waals surface area contributed by atoms with E-state index in [0.717, 1.165) is 4.47 Å². The van der Waals surface area contributed by atoms with E-state index in [9.17, 15) is 5.11 Å². The van der Waals surface area contributed by atoms with Gasteiger partial charge in [0.1, 0.15) is 13.2 Å². The predicted molar refractivity (Wildman–Crippen MR) is 46.8 cm³/mol. The molecule has 0 saturated heterocycles. The van der Waals surface area contributed by atoms with E-state index in [1.807, 2.05) is 0 Å². The zero-order valence-corrected chi connectivity index (χ0v) is 7.80. The summed E-state index contributed by atoms with van der Waals surface area (Å²) in [6, 6.07) is 3.29. The van der Waals surface area contributed by atoms with E-state index in [-0.39, 0.29) is 5.75 Å². The Labute approximate surface area is 78.0 Å². The monoisotopic (exact) mass is 230 g/mol. The minimum Gasteiger partial charge on any atom is -0.504 e. The van der Waals surface area contributed by atoms with Gasteiger partial charge in [-0.3, -0.25) is 0 Å². The molecule has 1 aromatic carbocycles. The number of hydrogen-bond acceptors (Lipinski definition) is 3. The first-order valence-corrected chi connectivity index (χ1v) is 4.35. The fourth-order valence-electron chi connectivity index (χ4n) is 1.09. The molecule has 0 radical (unpaired) electrons. The normalized spacial score (nSPS) is 14.4. The Morgan fingerprint density at radius 2 is 1.83 bits per heavy atom. The zero-order valence-electron chi connectivity index (χ0n) is 6.21. The summed E-state index contributed by atoms with van der Waals surface area (Å²) in [5.74, 6) is 1.13. The van der Waals surface area contributed by atoms with Crippen molar-refractivity contribution in [1.29, 1.82) is 0 Å². The molecule has 0 unspecified atom stereocenters. The summed E-state index contributed by atoms with van der Waals surface area (Å²) in [5.41, 5.74) is 0. The molecular weight excluding hydrogens is 224 g/mol. The molecule has 0 atom stereocenters. The van der Waals surface area contributed by atoms with Gasteiger partial charge in [-0.1, -0.05) is 0 Å². The second kappa shape index (κ2) is 2.86. The number of rotatable bonds is 0. The smallest absolute Gasteiger partial charge is 0.204 e. The van der Waals surface area contributed by atoms with E-state index in [1.54, 1.807) is 12.1 Å². The van der Waals surface area contributed by atoms with Gasteiger partial charge in [0.05, 0.1) is 4.47 Å². The molecule has 1 aromatic rings. The van der Waals surface area contributed by atoms with Crippen molar-refractivity contribution < 1.29 is 14.6 Å². The summed E-state index contributed by atoms with van der Waals surface area (Å²) >= 11 is 3.30. The topological polar surface area (TPSA) is 38.7 Å². The van der Waals surface area contributed by atoms with Crippen molar-refractivity contribution in [2.24, 2.45) is 0 Å². The van der Waals surface area contributed by atoms with Crippen LogP contribution in [0, 0.1) is 0 Å². The lowest BCUT2D eigenvalue weighted by molar-refractivity contribution is 0.164. The summed E-state index contributed by atoms with van der Waals surface area (Å²) < 4.78 is 11.3. The van der Waals surface area contributed by atoms with Gasteiger partial charge >= 0.3 is 0 Å². The summed E-state index contributed by atoms with van der Waals surface area (Å²) in [7, 11) is 0. The number of phenols is 1. The maximum Gasteiger partial charge on any atom is 0.204 e. The van der Waals surface area contributed by atoms with Crippen molar-refractivity contribution in [3.8, 4) is 17.2 Å². The first-order chi connectivity index (χ1) is 5.79. The van der Waals surface area contributed by atoms with E-state index < -0.39 is 0 Å². The van der Waals surface area contributed by atoms with Gasteiger partial charge in [-0.25, -0.2) is 0 Å². The Morgan fingerprint density at radius 1 is 1.17 bits per heavy atom. The molecule has 0 aromatic heterocycles. The van der Waals surface area contributed by atoms with Gasteiger partial charge in [0.25, 0.3) is 0 Å². The number of ether oxygens (including phenoxy) is 2. The highest BCUT2D eigenvalue weighted by molar-refractivity contribution is 9.10. The third-order valence-electron chi connectivity index (χ3n) is 1.62. The molecule has 1 aliphatic heterocycles. The largest absolute Gasteiger partial charge is 0.504 e. The highest BCUT2D eigenvalue weighted by atomic mass is 79.9. The molecule has 0 aliphatic carbocycles. The quantitative estimate of drug-likeness (QED) is 0.741. The number of phenolic OH excluding ortho intramolecular Hbond substituents is 1. The summed E-state index contributed by atoms with van der Waals surface area (Å²) in [6.07, 6.45) is 0. The van der Waals surface area contributed by atoms with Crippen molar-refractivity contribution >= 4 is 15.9 Å². The van der Waals surface area contributed by atoms with Crippen LogP contribution in [0.3, 0.4) is 0 Å². The Morgan fingerprint density at radius 3 is 2.50 bits per heavy atom. The summed E-state index contributed by atoms with van der Waals surface area (Å²) in [5, 5.41) is 9.35. The Hall–Kier alpha value is -0.900. The van der Waals surface area contributed by atoms with Crippen molar-refractivity contribution in [3.05, 3.63) is 16.6 Å². The molecule has 1 heterocycles. The number of halogens is 1. The number of fused-ring (bicyclic) bond motifs is 1. The molecule has 0 amide bonds. The lowest BCUT2D eigenvalue weighted by atomic mass is 10.3. The average molecular weight is 231 g/mol. The van der Waals surface area contributed by atoms with Crippen LogP contribution in [0.1, 0.15) is 0 Å². The number of aromatic hydroxyl groups is 1. The molecule has 64 valence electrons. The van der Waals surface area contributed by atoms with Crippen LogP contribution in [0.5, 0.6) is 17.2 Å². The Kier molecular flexibility index (Phi) is 1.84. The van der Waals surface area contributed by atoms with Crippen LogP contribution in [0.15, 0.2) is 16.6 Å². The van der Waals surface area contributed by atoms with Crippen LogP contribution in [0.25, 0.3) is 0 Å². The van der Waals surface area contributed by atoms with E-state index in [1.165, 1.54) is 0 Å². The van der Waals surface area contributed by atoms with E-state index >= 15 is 0 Å². The Balaban J connectivity index is 2.57. The maximum atomic E-state index is 9.35. The van der Waals surface area contributed by atoms with Crippen molar-refractivity contribution in [1.82, 2.24) is 0 Å². The summed E-state index contributed by atoms with van der Waals surface area (Å²) in [6.45, 7) is 1.01. The zero-order chi connectivity index (χ0) is 8.55. The molecular formula is C8H7BrO3. The molecule has 0 saturated carbocycles. The lowest BCUT2D eigenvalue weighted by Gasteiger charge is -2.19. The van der Waals surface area contributed by atoms with Crippen LogP contribution in [0.2, 0.25) is 0 Å². The number of benzene rings is 1. The van der Waals surface area contributed by atoms with Gasteiger partial charge in [-0.15, -0.1) is 0 Å². The van der Waals surface area contributed by atoms with Crippen molar-refractivity contribution in [2.75, 3.05) is 13.2 Å². The van der Waals surface area contributed by atoms with Gasteiger partial charge in [0.2, 0.25) is 5.75 Å². The van der Waals surface area contributed by atoms with Crippen LogP contribution < -0.4 is 9.47 Å². The van der Waals surface area contributed by atoms with E-state index in [0.29, 0.717) is 24.7 Å². The molecule has 0 fully saturated rings. The second-order valence-electron chi connectivity index (χ2n) is 2.42. The molecule has 0 spiro atoms. The van der Waals surface area contributed by atoms with Crippen LogP contribution in [-0.4, -0.2) is 18.3 Å². The van der Waals surface area contributed by atoms with Gasteiger partial charge in [0, 0.05) is 0 Å². The first-order valence-electron chi connectivity index (χ1n) is 3.56. The molecule has 3 nitrogen and oxygen atoms in total. The fourth-order valence-corrected chi connectivity index (χ4v) is 1.52. The Bertz CT molecular complexity index is 280. The second-order valence-corrected chi connectivity index (χ2v) is 3.28. The molecule has 1 N–H and O–H groups in total. The van der Waals surface area contributed by atoms with Crippen LogP contribution >= 0.6 is 15.9 Å². The fraction of sp³-hybridized carbons (Fsp3) is 0.250. The molecule has 2 rings (SSSR count). The number of hydrogen-bond donors (Lipinski definition) is 1. The maximum absolute atomic E-state index is 9.35. The van der Waals surface area contributed by atoms with E-state index in [4.69, 9.17) is 9.47 Å². The standard InChI is InChI=1S/C8H7BrO3/c9-5-1-2-6(10)8-7(5)11-3-4-12-8/h1-2,10H,3-4H2. The van der Waals surface area contributed by atoms with Gasteiger partial charge in [-0.05, 0) is 28.1 Å². The average Bonchev–Trinajstić information content (AvgIpc) is 2.12. The molecule has 12 heavy (non-hydrogen) atoms. The SMILES string of the molecule is Oc1ccc(Br)c2c1OCCO2. The molecule has 4 heteroatoms. The highest BCUT2D eigenvalue weighted by Gasteiger charge is 2.18. The first kappa shape index (κ1) is 7.73. The lowest BCUT2D eigenvalue weighted by Crippen LogP contribution is -2.15. The van der Waals surface area contributed by atoms with Gasteiger partial charge in [-0.2, -0.15) is 0 Å². The molecule has 1 aliphatic rings. The molecule has 0 bridgehead atoms. The van der Waals surface area contributed by atoms with Crippen molar-refractivity contribution in [3.63, 3.8) is 0 Å². The minimum atomic E-state index is 0.118. The minimum absolute atomic E-state index is 0.118.